The largest absolute Gasteiger partial charge is 0.387 e. The summed E-state index contributed by atoms with van der Waals surface area (Å²) in [5.41, 5.74) is 10.9. The van der Waals surface area contributed by atoms with E-state index in [1.807, 2.05) is 19.9 Å². The van der Waals surface area contributed by atoms with E-state index in [1.54, 1.807) is 0 Å². The second-order valence-corrected chi connectivity index (χ2v) is 10.4. The lowest BCUT2D eigenvalue weighted by atomic mass is 9.93. The number of benzene rings is 6. The highest BCUT2D eigenvalue weighted by atomic mass is 15.0. The normalized spacial score (nSPS) is 12.8. The topological polar surface area (TPSA) is 50.7 Å². The zero-order valence-electron chi connectivity index (χ0n) is 25.0. The average Bonchev–Trinajstić information content (AvgIpc) is 3.07. The maximum Gasteiger partial charge on any atom is 0.156 e. The van der Waals surface area contributed by atoms with Gasteiger partial charge in [0.1, 0.15) is 5.84 Å². The Kier molecular flexibility index (Phi) is 9.08. The molecular weight excluding hydrogens is 510 g/mol. The van der Waals surface area contributed by atoms with Crippen molar-refractivity contribution in [1.82, 2.24) is 0 Å². The minimum Gasteiger partial charge on any atom is -0.387 e. The van der Waals surface area contributed by atoms with Crippen molar-refractivity contribution in [2.75, 3.05) is 0 Å². The van der Waals surface area contributed by atoms with Crippen LogP contribution in [0.3, 0.4) is 0 Å². The van der Waals surface area contributed by atoms with Gasteiger partial charge < -0.3 is 5.73 Å². The van der Waals surface area contributed by atoms with Gasteiger partial charge in [0.2, 0.25) is 0 Å². The first-order valence-corrected chi connectivity index (χ1v) is 15.0. The van der Waals surface area contributed by atoms with Gasteiger partial charge in [-0.05, 0) is 61.5 Å². The summed E-state index contributed by atoms with van der Waals surface area (Å²) < 4.78 is 0. The molecule has 1 unspecified atom stereocenters. The van der Waals surface area contributed by atoms with Gasteiger partial charge in [-0.25, -0.2) is 4.99 Å². The highest BCUT2D eigenvalue weighted by Crippen LogP contribution is 2.35. The highest BCUT2D eigenvalue weighted by molar-refractivity contribution is 6.25. The second kappa shape index (κ2) is 13.3. The van der Waals surface area contributed by atoms with E-state index in [2.05, 4.69) is 129 Å². The predicted molar refractivity (Wildman–Crippen MR) is 184 cm³/mol. The Labute approximate surface area is 249 Å². The maximum absolute atomic E-state index is 6.41. The molecule has 0 amide bonds. The zero-order valence-corrected chi connectivity index (χ0v) is 25.0. The van der Waals surface area contributed by atoms with Gasteiger partial charge in [0, 0.05) is 11.5 Å². The van der Waals surface area contributed by atoms with E-state index in [-0.39, 0.29) is 5.92 Å². The summed E-state index contributed by atoms with van der Waals surface area (Å²) in [5.74, 6) is 1.47. The fourth-order valence-electron chi connectivity index (χ4n) is 5.29. The lowest BCUT2D eigenvalue weighted by Crippen LogP contribution is -2.22. The van der Waals surface area contributed by atoms with Crippen molar-refractivity contribution in [3.63, 3.8) is 0 Å². The number of aliphatic imine (C=N–C) groups is 2. The van der Waals surface area contributed by atoms with Gasteiger partial charge in [0.05, 0.1) is 6.54 Å². The van der Waals surface area contributed by atoms with Crippen LogP contribution < -0.4 is 5.73 Å². The van der Waals surface area contributed by atoms with Gasteiger partial charge in [0.15, 0.2) is 5.84 Å². The van der Waals surface area contributed by atoms with Gasteiger partial charge >= 0.3 is 0 Å². The van der Waals surface area contributed by atoms with Gasteiger partial charge in [-0.1, -0.05) is 143 Å². The van der Waals surface area contributed by atoms with Crippen molar-refractivity contribution in [1.29, 1.82) is 0 Å². The number of amidine groups is 2. The van der Waals surface area contributed by atoms with E-state index in [4.69, 9.17) is 15.7 Å². The molecule has 0 saturated carbocycles. The van der Waals surface area contributed by atoms with Gasteiger partial charge in [-0.3, -0.25) is 4.99 Å². The van der Waals surface area contributed by atoms with Crippen LogP contribution in [0.2, 0.25) is 0 Å². The molecule has 6 aromatic rings. The van der Waals surface area contributed by atoms with Crippen LogP contribution in [0.25, 0.3) is 43.4 Å². The number of nitrogens with zero attached hydrogens (tertiary/aromatic N) is 2. The second-order valence-electron chi connectivity index (χ2n) is 10.4. The minimum absolute atomic E-state index is 0.189. The Morgan fingerprint density at radius 2 is 1.12 bits per heavy atom. The molecule has 6 aromatic carbocycles. The van der Waals surface area contributed by atoms with E-state index in [1.165, 1.54) is 37.9 Å². The van der Waals surface area contributed by atoms with Crippen LogP contribution in [0, 0.1) is 5.92 Å². The van der Waals surface area contributed by atoms with E-state index in [9.17, 15) is 0 Å². The SMILES string of the molecule is CC.CCC(C)C(N)=NC(=NCc1ccc2c3ccccc3c3ccccc3c2c1)c1ccc(-c2ccccc2)cc1. The number of nitrogens with two attached hydrogens (primary N) is 1. The maximum atomic E-state index is 6.41. The number of fused-ring (bicyclic) bond motifs is 6. The molecule has 0 aliphatic carbocycles. The van der Waals surface area contributed by atoms with Gasteiger partial charge in [0.25, 0.3) is 0 Å². The lowest BCUT2D eigenvalue weighted by Gasteiger charge is -2.12. The minimum atomic E-state index is 0.189. The molecule has 0 saturated heterocycles. The Bertz CT molecular complexity index is 1830. The van der Waals surface area contributed by atoms with Crippen molar-refractivity contribution in [3.05, 3.63) is 132 Å². The number of hydrogen-bond donors (Lipinski definition) is 1. The van der Waals surface area contributed by atoms with Crippen molar-refractivity contribution in [2.24, 2.45) is 21.6 Å². The summed E-state index contributed by atoms with van der Waals surface area (Å²) in [6.07, 6.45) is 0.932. The van der Waals surface area contributed by atoms with Crippen LogP contribution in [-0.4, -0.2) is 11.7 Å². The third kappa shape index (κ3) is 5.96. The monoisotopic (exact) mass is 549 g/mol. The van der Waals surface area contributed by atoms with E-state index < -0.39 is 0 Å². The summed E-state index contributed by atoms with van der Waals surface area (Å²) >= 11 is 0. The molecule has 0 aliphatic rings. The highest BCUT2D eigenvalue weighted by Gasteiger charge is 2.11. The molecule has 2 N–H and O–H groups in total. The van der Waals surface area contributed by atoms with Crippen molar-refractivity contribution in [3.8, 4) is 11.1 Å². The van der Waals surface area contributed by atoms with E-state index >= 15 is 0 Å². The summed E-state index contributed by atoms with van der Waals surface area (Å²) in [6, 6.07) is 42.9. The molecule has 0 aliphatic heterocycles. The summed E-state index contributed by atoms with van der Waals surface area (Å²) in [5, 5.41) is 7.61. The molecule has 0 fully saturated rings. The van der Waals surface area contributed by atoms with Crippen LogP contribution in [0.15, 0.2) is 131 Å². The fourth-order valence-corrected chi connectivity index (χ4v) is 5.29. The van der Waals surface area contributed by atoms with E-state index in [0.29, 0.717) is 18.2 Å². The molecule has 1 atom stereocenters. The molecule has 6 rings (SSSR count). The number of hydrogen-bond acceptors (Lipinski definition) is 1. The standard InChI is InChI=1S/C37H33N3.C2H6/c1-3-25(2)36(38)40-37(29-20-18-28(19-21-29)27-11-5-4-6-12-27)39-24-26-17-22-34-32-15-8-7-13-30(32)31-14-9-10-16-33(31)35(34)23-26;1-2/h4-23,25H,3,24H2,1-2H3,(H2,38,39,40);1-2H3. The first-order chi connectivity index (χ1) is 20.6. The Morgan fingerprint density at radius 3 is 1.69 bits per heavy atom. The molecular formula is C39H39N3. The van der Waals surface area contributed by atoms with Crippen LogP contribution >= 0.6 is 0 Å². The molecule has 0 aromatic heterocycles. The van der Waals surface area contributed by atoms with Crippen molar-refractivity contribution in [2.45, 2.75) is 40.7 Å². The summed E-state index contributed by atoms with van der Waals surface area (Å²) in [6.45, 7) is 8.75. The predicted octanol–water partition coefficient (Wildman–Crippen LogP) is 10.2. The number of rotatable bonds is 6. The molecule has 3 heteroatoms. The van der Waals surface area contributed by atoms with Crippen LogP contribution in [0.1, 0.15) is 45.2 Å². The van der Waals surface area contributed by atoms with E-state index in [0.717, 1.165) is 23.1 Å². The van der Waals surface area contributed by atoms with Crippen molar-refractivity contribution >= 4 is 44.0 Å². The van der Waals surface area contributed by atoms with Gasteiger partial charge in [-0.2, -0.15) is 0 Å². The fraction of sp³-hybridized carbons (Fsp3) is 0.179. The molecule has 42 heavy (non-hydrogen) atoms. The third-order valence-electron chi connectivity index (χ3n) is 7.82. The van der Waals surface area contributed by atoms with Crippen LogP contribution in [0.5, 0.6) is 0 Å². The summed E-state index contributed by atoms with van der Waals surface area (Å²) in [4.78, 5) is 9.85. The lowest BCUT2D eigenvalue weighted by molar-refractivity contribution is 0.733. The quantitative estimate of drug-likeness (QED) is 0.125. The molecule has 210 valence electrons. The van der Waals surface area contributed by atoms with Crippen LogP contribution in [0.4, 0.5) is 0 Å². The smallest absolute Gasteiger partial charge is 0.156 e. The Morgan fingerprint density at radius 1 is 0.619 bits per heavy atom. The molecule has 0 heterocycles. The first-order valence-electron chi connectivity index (χ1n) is 15.0. The Balaban J connectivity index is 0.00000173. The van der Waals surface area contributed by atoms with Crippen LogP contribution in [-0.2, 0) is 6.54 Å². The molecule has 0 bridgehead atoms. The molecule has 0 radical (unpaired) electrons. The van der Waals surface area contributed by atoms with Gasteiger partial charge in [-0.15, -0.1) is 0 Å². The third-order valence-corrected chi connectivity index (χ3v) is 7.82. The summed E-state index contributed by atoms with van der Waals surface area (Å²) in [7, 11) is 0. The first kappa shape index (κ1) is 28.8. The molecule has 3 nitrogen and oxygen atoms in total. The van der Waals surface area contributed by atoms with Crippen molar-refractivity contribution < 1.29 is 0 Å². The zero-order chi connectivity index (χ0) is 29.5. The average molecular weight is 550 g/mol. The Hall–Kier alpha value is -4.76. The molecule has 0 spiro atoms.